The number of alkyl halides is 3. The molecular formula is C21H27Cl2F3N4O4. The van der Waals surface area contributed by atoms with E-state index < -0.39 is 12.1 Å². The summed E-state index contributed by atoms with van der Waals surface area (Å²) < 4.78 is 37.2. The zero-order valence-corrected chi connectivity index (χ0v) is 19.9. The molecule has 2 saturated heterocycles. The van der Waals surface area contributed by atoms with E-state index in [1.807, 2.05) is 21.9 Å². The highest BCUT2D eigenvalue weighted by Gasteiger charge is 2.38. The Morgan fingerprint density at radius 2 is 1.71 bits per heavy atom. The number of hydrogen-bond acceptors (Lipinski definition) is 5. The molecule has 3 aliphatic rings. The average molecular weight is 527 g/mol. The molecule has 2 fully saturated rings. The molecule has 0 bridgehead atoms. The van der Waals surface area contributed by atoms with E-state index in [1.54, 1.807) is 0 Å². The minimum Gasteiger partial charge on any atom is -0.475 e. The van der Waals surface area contributed by atoms with Crippen LogP contribution in [0.1, 0.15) is 18.4 Å². The summed E-state index contributed by atoms with van der Waals surface area (Å²) in [6.45, 7) is 7.41. The molecule has 3 aliphatic heterocycles. The van der Waals surface area contributed by atoms with Crippen LogP contribution in [0.15, 0.2) is 12.1 Å². The number of aliphatic carboxylic acids is 1. The molecule has 0 aliphatic carbocycles. The molecule has 2 amide bonds. The van der Waals surface area contributed by atoms with E-state index in [-0.39, 0.29) is 12.1 Å². The number of morpholine rings is 1. The fourth-order valence-electron chi connectivity index (χ4n) is 4.14. The molecular weight excluding hydrogens is 500 g/mol. The highest BCUT2D eigenvalue weighted by atomic mass is 35.5. The topological polar surface area (TPSA) is 85.3 Å². The fourth-order valence-corrected chi connectivity index (χ4v) is 4.48. The summed E-state index contributed by atoms with van der Waals surface area (Å²) in [4.78, 5) is 28.5. The molecule has 190 valence electrons. The van der Waals surface area contributed by atoms with Crippen LogP contribution < -0.4 is 10.2 Å². The zero-order chi connectivity index (χ0) is 24.9. The lowest BCUT2D eigenvalue weighted by Crippen LogP contribution is -2.55. The second kappa shape index (κ2) is 11.8. The highest BCUT2D eigenvalue weighted by Crippen LogP contribution is 2.37. The Kier molecular flexibility index (Phi) is 9.27. The first-order valence-corrected chi connectivity index (χ1v) is 11.7. The largest absolute Gasteiger partial charge is 0.490 e. The average Bonchev–Trinajstić information content (AvgIpc) is 2.80. The van der Waals surface area contributed by atoms with Crippen LogP contribution in [0, 0.1) is 0 Å². The van der Waals surface area contributed by atoms with Crippen molar-refractivity contribution >= 4 is 40.9 Å². The van der Waals surface area contributed by atoms with Gasteiger partial charge in [0.25, 0.3) is 0 Å². The molecule has 34 heavy (non-hydrogen) atoms. The van der Waals surface area contributed by atoms with Crippen LogP contribution in [-0.4, -0.2) is 91.6 Å². The van der Waals surface area contributed by atoms with Gasteiger partial charge in [0.2, 0.25) is 0 Å². The molecule has 0 spiro atoms. The molecule has 4 rings (SSSR count). The van der Waals surface area contributed by atoms with Crippen molar-refractivity contribution in [3.8, 4) is 0 Å². The van der Waals surface area contributed by atoms with Crippen molar-refractivity contribution in [3.63, 3.8) is 0 Å². The van der Waals surface area contributed by atoms with Gasteiger partial charge in [0.05, 0.1) is 28.9 Å². The van der Waals surface area contributed by atoms with Crippen molar-refractivity contribution in [2.45, 2.75) is 31.6 Å². The predicted molar refractivity (Wildman–Crippen MR) is 122 cm³/mol. The number of carboxylic acids is 1. The van der Waals surface area contributed by atoms with Gasteiger partial charge in [-0.3, -0.25) is 9.80 Å². The maximum absolute atomic E-state index is 13.4. The zero-order valence-electron chi connectivity index (χ0n) is 18.4. The van der Waals surface area contributed by atoms with Gasteiger partial charge in [0, 0.05) is 38.8 Å². The van der Waals surface area contributed by atoms with Crippen molar-refractivity contribution in [3.05, 3.63) is 27.7 Å². The van der Waals surface area contributed by atoms with Crippen molar-refractivity contribution in [2.24, 2.45) is 0 Å². The molecule has 3 heterocycles. The minimum absolute atomic E-state index is 0.0843. The number of piperidine rings is 1. The van der Waals surface area contributed by atoms with Crippen LogP contribution in [0.2, 0.25) is 10.0 Å². The molecule has 0 radical (unpaired) electrons. The van der Waals surface area contributed by atoms with Crippen LogP contribution >= 0.6 is 23.2 Å². The van der Waals surface area contributed by atoms with E-state index in [2.05, 4.69) is 10.2 Å². The third-order valence-electron chi connectivity index (χ3n) is 5.93. The summed E-state index contributed by atoms with van der Waals surface area (Å²) in [6.07, 6.45) is -3.19. The van der Waals surface area contributed by atoms with E-state index in [4.69, 9.17) is 37.8 Å². The lowest BCUT2D eigenvalue weighted by molar-refractivity contribution is -0.192. The van der Waals surface area contributed by atoms with E-state index in [0.29, 0.717) is 23.1 Å². The molecule has 8 nitrogen and oxygen atoms in total. The van der Waals surface area contributed by atoms with E-state index in [1.165, 1.54) is 0 Å². The van der Waals surface area contributed by atoms with Crippen LogP contribution in [0.3, 0.4) is 0 Å². The van der Waals surface area contributed by atoms with E-state index in [0.717, 1.165) is 70.0 Å². The number of benzene rings is 1. The van der Waals surface area contributed by atoms with Gasteiger partial charge in [0.1, 0.15) is 0 Å². The Bertz CT molecular complexity index is 878. The molecule has 0 atom stereocenters. The first-order chi connectivity index (χ1) is 16.1. The summed E-state index contributed by atoms with van der Waals surface area (Å²) in [5, 5.41) is 11.5. The number of ether oxygens (including phenoxy) is 1. The summed E-state index contributed by atoms with van der Waals surface area (Å²) in [7, 11) is 0. The first kappa shape index (κ1) is 26.8. The molecule has 0 unspecified atom stereocenters. The number of halogens is 5. The molecule has 13 heteroatoms. The SMILES string of the molecule is O=C(O)C(F)(F)F.O=C1N(CCN2CCOCC2)Cc2cc(Cl)c(Cl)cc2N1C1CCNCC1. The number of fused-ring (bicyclic) bond motifs is 1. The third-order valence-corrected chi connectivity index (χ3v) is 6.65. The Balaban J connectivity index is 0.000000406. The Labute approximate surface area is 205 Å². The van der Waals surface area contributed by atoms with Gasteiger partial charge in [-0.05, 0) is 43.6 Å². The normalized spacial score (nSPS) is 20.0. The van der Waals surface area contributed by atoms with Crippen molar-refractivity contribution < 1.29 is 32.6 Å². The van der Waals surface area contributed by atoms with Crippen molar-refractivity contribution in [2.75, 3.05) is 57.4 Å². The number of hydrogen-bond donors (Lipinski definition) is 2. The van der Waals surface area contributed by atoms with Gasteiger partial charge in [-0.2, -0.15) is 13.2 Å². The van der Waals surface area contributed by atoms with Gasteiger partial charge in [-0.25, -0.2) is 9.59 Å². The molecule has 0 saturated carbocycles. The Morgan fingerprint density at radius 1 is 1.12 bits per heavy atom. The molecule has 1 aromatic carbocycles. The van der Waals surface area contributed by atoms with Crippen molar-refractivity contribution in [1.82, 2.24) is 15.1 Å². The minimum atomic E-state index is -5.08. The number of urea groups is 1. The second-order valence-electron chi connectivity index (χ2n) is 8.21. The first-order valence-electron chi connectivity index (χ1n) is 10.9. The van der Waals surface area contributed by atoms with Crippen molar-refractivity contribution in [1.29, 1.82) is 0 Å². The van der Waals surface area contributed by atoms with Gasteiger partial charge >= 0.3 is 18.2 Å². The quantitative estimate of drug-likeness (QED) is 0.624. The number of carbonyl (C=O) groups is 2. The fraction of sp³-hybridized carbons (Fsp3) is 0.619. The monoisotopic (exact) mass is 526 g/mol. The molecule has 1 aromatic rings. The molecule has 0 aromatic heterocycles. The highest BCUT2D eigenvalue weighted by molar-refractivity contribution is 6.42. The van der Waals surface area contributed by atoms with Crippen LogP contribution in [-0.2, 0) is 16.1 Å². The summed E-state index contributed by atoms with van der Waals surface area (Å²) in [6, 6.07) is 4.06. The second-order valence-corrected chi connectivity index (χ2v) is 9.02. The summed E-state index contributed by atoms with van der Waals surface area (Å²) >= 11 is 12.6. The number of rotatable bonds is 4. The smallest absolute Gasteiger partial charge is 0.475 e. The predicted octanol–water partition coefficient (Wildman–Crippen LogP) is 3.45. The van der Waals surface area contributed by atoms with Gasteiger partial charge in [-0.15, -0.1) is 0 Å². The number of amides is 2. The standard InChI is InChI=1S/C19H26Cl2N4O2.C2HF3O2/c20-16-11-14-13-24(6-5-23-7-9-27-10-8-23)19(26)25(18(14)12-17(16)21)15-1-3-22-4-2-15;3-2(4,5)1(6)7/h11-12,15,22H,1-10,13H2;(H,6,7). The maximum atomic E-state index is 13.4. The van der Waals surface area contributed by atoms with E-state index >= 15 is 0 Å². The molecule has 2 N–H and O–H groups in total. The summed E-state index contributed by atoms with van der Waals surface area (Å²) in [5.74, 6) is -2.76. The van der Waals surface area contributed by atoms with Gasteiger partial charge < -0.3 is 20.1 Å². The Hall–Kier alpha value is -1.79. The summed E-state index contributed by atoms with van der Waals surface area (Å²) in [5.41, 5.74) is 1.99. The number of nitrogens with one attached hydrogen (secondary N) is 1. The van der Waals surface area contributed by atoms with E-state index in [9.17, 15) is 18.0 Å². The number of anilines is 1. The Morgan fingerprint density at radius 3 is 2.29 bits per heavy atom. The third kappa shape index (κ3) is 6.88. The maximum Gasteiger partial charge on any atom is 0.490 e. The van der Waals surface area contributed by atoms with Crippen LogP contribution in [0.5, 0.6) is 0 Å². The van der Waals surface area contributed by atoms with Gasteiger partial charge in [0.15, 0.2) is 0 Å². The van der Waals surface area contributed by atoms with Crippen LogP contribution in [0.4, 0.5) is 23.7 Å². The number of nitrogens with zero attached hydrogens (tertiary/aromatic N) is 3. The van der Waals surface area contributed by atoms with Gasteiger partial charge in [-0.1, -0.05) is 23.2 Å². The lowest BCUT2D eigenvalue weighted by Gasteiger charge is -2.43. The van der Waals surface area contributed by atoms with Crippen LogP contribution in [0.25, 0.3) is 0 Å². The number of carboxylic acid groups (broad SMARTS) is 1. The lowest BCUT2D eigenvalue weighted by atomic mass is 10.0. The number of carbonyl (C=O) groups excluding carboxylic acids is 1.